The molecule has 0 unspecified atom stereocenters. The molecule has 0 aliphatic heterocycles. The molecule has 0 spiro atoms. The third kappa shape index (κ3) is 1.64. The Labute approximate surface area is 121 Å². The predicted molar refractivity (Wildman–Crippen MR) is 84.3 cm³/mol. The summed E-state index contributed by atoms with van der Waals surface area (Å²) in [6.07, 6.45) is 0. The normalized spacial score (nSPS) is 11.5. The Morgan fingerprint density at radius 2 is 1.71 bits per heavy atom. The predicted octanol–water partition coefficient (Wildman–Crippen LogP) is 4.15. The van der Waals surface area contributed by atoms with Gasteiger partial charge >= 0.3 is 0 Å². The topological polar surface area (TPSA) is 49.3 Å². The van der Waals surface area contributed by atoms with Crippen LogP contribution >= 0.6 is 0 Å². The molecule has 0 saturated carbocycles. The molecule has 0 atom stereocenters. The van der Waals surface area contributed by atoms with Crippen molar-refractivity contribution >= 4 is 22.4 Å². The minimum Gasteiger partial charge on any atom is -0.508 e. The molecule has 0 heterocycles. The molecule has 0 radical (unpaired) electrons. The fraction of sp³-hybridized carbons (Fsp3) is 0.0556. The average molecular weight is 275 g/mol. The van der Waals surface area contributed by atoms with E-state index >= 15 is 0 Å². The maximum absolute atomic E-state index is 11.4. The zero-order chi connectivity index (χ0) is 14.6. The van der Waals surface area contributed by atoms with E-state index in [1.54, 1.807) is 12.1 Å². The van der Waals surface area contributed by atoms with Gasteiger partial charge in [0.2, 0.25) is 5.91 Å². The van der Waals surface area contributed by atoms with Crippen LogP contribution in [-0.4, -0.2) is 11.0 Å². The first-order valence-corrected chi connectivity index (χ1v) is 6.82. The molecule has 3 aromatic rings. The lowest BCUT2D eigenvalue weighted by Crippen LogP contribution is -2.06. The van der Waals surface area contributed by atoms with E-state index < -0.39 is 0 Å². The standard InChI is InChI=1S/C18H13NO2/c1-10(20)19-17-8-7-14-16-9-11(21)5-6-12(16)13-3-2-4-15(17)18(13)14/h2-9,21H,1H3,(H,19,20). The van der Waals surface area contributed by atoms with Crippen LogP contribution in [0.15, 0.2) is 48.5 Å². The number of fused-ring (bicyclic) bond motifs is 3. The third-order valence-electron chi connectivity index (χ3n) is 3.93. The van der Waals surface area contributed by atoms with Crippen LogP contribution in [0.4, 0.5) is 5.69 Å². The molecule has 3 aromatic carbocycles. The average Bonchev–Trinajstić information content (AvgIpc) is 2.77. The smallest absolute Gasteiger partial charge is 0.221 e. The second-order valence-corrected chi connectivity index (χ2v) is 5.30. The third-order valence-corrected chi connectivity index (χ3v) is 3.93. The molecule has 21 heavy (non-hydrogen) atoms. The summed E-state index contributed by atoms with van der Waals surface area (Å²) in [6.45, 7) is 1.51. The highest BCUT2D eigenvalue weighted by Crippen LogP contribution is 2.49. The lowest BCUT2D eigenvalue weighted by atomic mass is 10.0. The number of carbonyl (C=O) groups excluding carboxylic acids is 1. The summed E-state index contributed by atoms with van der Waals surface area (Å²) >= 11 is 0. The molecule has 0 saturated heterocycles. The van der Waals surface area contributed by atoms with E-state index in [1.165, 1.54) is 6.92 Å². The first kappa shape index (κ1) is 12.0. The van der Waals surface area contributed by atoms with Crippen molar-refractivity contribution in [1.29, 1.82) is 0 Å². The number of hydrogen-bond donors (Lipinski definition) is 2. The lowest BCUT2D eigenvalue weighted by Gasteiger charge is -2.09. The molecular formula is C18H13NO2. The van der Waals surface area contributed by atoms with Crippen molar-refractivity contribution in [1.82, 2.24) is 0 Å². The summed E-state index contributed by atoms with van der Waals surface area (Å²) in [4.78, 5) is 11.4. The van der Waals surface area contributed by atoms with Crippen molar-refractivity contribution in [3.63, 3.8) is 0 Å². The van der Waals surface area contributed by atoms with Crippen LogP contribution < -0.4 is 5.32 Å². The second-order valence-electron chi connectivity index (χ2n) is 5.30. The maximum Gasteiger partial charge on any atom is 0.221 e. The minimum atomic E-state index is -0.0798. The number of amides is 1. The van der Waals surface area contributed by atoms with E-state index in [4.69, 9.17) is 0 Å². The SMILES string of the molecule is CC(=O)Nc1ccc2c3c(cccc13)-c1ccc(O)cc1-2. The van der Waals surface area contributed by atoms with Crippen LogP contribution in [0.1, 0.15) is 6.92 Å². The summed E-state index contributed by atoms with van der Waals surface area (Å²) in [5.41, 5.74) is 5.22. The molecule has 102 valence electrons. The zero-order valence-electron chi connectivity index (χ0n) is 11.5. The van der Waals surface area contributed by atoms with E-state index in [-0.39, 0.29) is 11.7 Å². The summed E-state index contributed by atoms with van der Waals surface area (Å²) in [7, 11) is 0. The first-order valence-electron chi connectivity index (χ1n) is 6.82. The molecule has 4 rings (SSSR count). The number of aromatic hydroxyl groups is 1. The fourth-order valence-corrected chi connectivity index (χ4v) is 3.14. The van der Waals surface area contributed by atoms with E-state index in [0.717, 1.165) is 38.7 Å². The Morgan fingerprint density at radius 1 is 0.952 bits per heavy atom. The minimum absolute atomic E-state index is 0.0798. The zero-order valence-corrected chi connectivity index (χ0v) is 11.5. The van der Waals surface area contributed by atoms with Gasteiger partial charge in [0.15, 0.2) is 0 Å². The summed E-state index contributed by atoms with van der Waals surface area (Å²) in [5, 5.41) is 14.8. The van der Waals surface area contributed by atoms with Crippen molar-refractivity contribution in [3.8, 4) is 28.0 Å². The Hall–Kier alpha value is -2.81. The number of rotatable bonds is 1. The van der Waals surface area contributed by atoms with Gasteiger partial charge in [-0.15, -0.1) is 0 Å². The number of carbonyl (C=O) groups is 1. The Morgan fingerprint density at radius 3 is 2.52 bits per heavy atom. The Kier molecular flexibility index (Phi) is 2.33. The number of phenols is 1. The van der Waals surface area contributed by atoms with Gasteiger partial charge in [-0.1, -0.05) is 30.3 Å². The Bertz CT molecular complexity index is 912. The van der Waals surface area contributed by atoms with Gasteiger partial charge in [-0.3, -0.25) is 4.79 Å². The molecule has 1 aliphatic carbocycles. The molecule has 3 heteroatoms. The number of phenolic OH excluding ortho intramolecular Hbond substituents is 1. The van der Waals surface area contributed by atoms with Crippen LogP contribution in [0.5, 0.6) is 5.75 Å². The van der Waals surface area contributed by atoms with Gasteiger partial charge in [-0.05, 0) is 45.8 Å². The van der Waals surface area contributed by atoms with Crippen molar-refractivity contribution in [2.24, 2.45) is 0 Å². The van der Waals surface area contributed by atoms with Gasteiger partial charge in [0.1, 0.15) is 5.75 Å². The van der Waals surface area contributed by atoms with E-state index in [1.807, 2.05) is 30.3 Å². The summed E-state index contributed by atoms with van der Waals surface area (Å²) < 4.78 is 0. The molecule has 0 fully saturated rings. The molecule has 2 N–H and O–H groups in total. The van der Waals surface area contributed by atoms with Gasteiger partial charge in [0, 0.05) is 18.0 Å². The summed E-state index contributed by atoms with van der Waals surface area (Å²) in [6, 6.07) is 15.4. The molecule has 1 aliphatic rings. The molecule has 1 amide bonds. The van der Waals surface area contributed by atoms with Crippen LogP contribution in [0.2, 0.25) is 0 Å². The maximum atomic E-state index is 11.4. The number of hydrogen-bond acceptors (Lipinski definition) is 2. The Balaban J connectivity index is 2.08. The lowest BCUT2D eigenvalue weighted by molar-refractivity contribution is -0.114. The van der Waals surface area contributed by atoms with Crippen LogP contribution in [0.25, 0.3) is 33.0 Å². The van der Waals surface area contributed by atoms with E-state index in [2.05, 4.69) is 11.4 Å². The van der Waals surface area contributed by atoms with Gasteiger partial charge in [0.05, 0.1) is 0 Å². The second kappa shape index (κ2) is 4.09. The largest absolute Gasteiger partial charge is 0.508 e. The van der Waals surface area contributed by atoms with Crippen molar-refractivity contribution in [3.05, 3.63) is 48.5 Å². The highest BCUT2D eigenvalue weighted by Gasteiger charge is 2.22. The molecular weight excluding hydrogens is 262 g/mol. The molecule has 0 aromatic heterocycles. The van der Waals surface area contributed by atoms with Gasteiger partial charge in [0.25, 0.3) is 0 Å². The van der Waals surface area contributed by atoms with Crippen LogP contribution in [-0.2, 0) is 4.79 Å². The quantitative estimate of drug-likeness (QED) is 0.548. The van der Waals surface area contributed by atoms with Gasteiger partial charge in [-0.25, -0.2) is 0 Å². The van der Waals surface area contributed by atoms with Gasteiger partial charge < -0.3 is 10.4 Å². The fourth-order valence-electron chi connectivity index (χ4n) is 3.14. The van der Waals surface area contributed by atoms with Crippen molar-refractivity contribution in [2.75, 3.05) is 5.32 Å². The van der Waals surface area contributed by atoms with Crippen LogP contribution in [0, 0.1) is 0 Å². The number of anilines is 1. The highest BCUT2D eigenvalue weighted by atomic mass is 16.3. The molecule has 3 nitrogen and oxygen atoms in total. The van der Waals surface area contributed by atoms with Crippen molar-refractivity contribution < 1.29 is 9.90 Å². The van der Waals surface area contributed by atoms with Crippen LogP contribution in [0.3, 0.4) is 0 Å². The summed E-state index contributed by atoms with van der Waals surface area (Å²) in [5.74, 6) is 0.185. The van der Waals surface area contributed by atoms with E-state index in [0.29, 0.717) is 0 Å². The van der Waals surface area contributed by atoms with Crippen molar-refractivity contribution in [2.45, 2.75) is 6.92 Å². The monoisotopic (exact) mass is 275 g/mol. The molecule has 0 bridgehead atoms. The number of benzene rings is 3. The highest BCUT2D eigenvalue weighted by molar-refractivity contribution is 6.19. The first-order chi connectivity index (χ1) is 10.1. The number of nitrogens with one attached hydrogen (secondary N) is 1. The van der Waals surface area contributed by atoms with E-state index in [9.17, 15) is 9.90 Å². The van der Waals surface area contributed by atoms with Gasteiger partial charge in [-0.2, -0.15) is 0 Å².